The highest BCUT2D eigenvalue weighted by molar-refractivity contribution is 7.08. The van der Waals surface area contributed by atoms with Gasteiger partial charge in [0.15, 0.2) is 0 Å². The SMILES string of the molecule is COc1cc2nc(N)cnc2cc1-c1ccsc1. The van der Waals surface area contributed by atoms with Crippen molar-refractivity contribution in [1.29, 1.82) is 0 Å². The molecule has 5 heteroatoms. The fraction of sp³-hybridized carbons (Fsp3) is 0.0769. The zero-order valence-corrected chi connectivity index (χ0v) is 10.6. The molecule has 0 spiro atoms. The van der Waals surface area contributed by atoms with Crippen molar-refractivity contribution in [2.75, 3.05) is 12.8 Å². The first-order valence-corrected chi connectivity index (χ1v) is 6.35. The standard InChI is InChI=1S/C13H11N3OS/c1-17-12-5-11-10(15-6-13(14)16-11)4-9(12)8-2-3-18-7-8/h2-7H,1H3,(H2,14,16). The summed E-state index contributed by atoms with van der Waals surface area (Å²) in [6.07, 6.45) is 1.56. The van der Waals surface area contributed by atoms with Crippen molar-refractivity contribution in [3.05, 3.63) is 35.2 Å². The van der Waals surface area contributed by atoms with Crippen LogP contribution in [0.5, 0.6) is 5.75 Å². The Hall–Kier alpha value is -2.14. The molecular formula is C13H11N3OS. The monoisotopic (exact) mass is 257 g/mol. The van der Waals surface area contributed by atoms with Gasteiger partial charge in [-0.05, 0) is 28.5 Å². The number of fused-ring (bicyclic) bond motifs is 1. The van der Waals surface area contributed by atoms with Crippen LogP contribution in [-0.4, -0.2) is 17.1 Å². The fourth-order valence-corrected chi connectivity index (χ4v) is 2.52. The number of ether oxygens (including phenoxy) is 1. The third kappa shape index (κ3) is 1.78. The molecule has 0 saturated carbocycles. The second-order valence-electron chi connectivity index (χ2n) is 3.85. The van der Waals surface area contributed by atoms with Crippen molar-refractivity contribution in [3.63, 3.8) is 0 Å². The zero-order valence-electron chi connectivity index (χ0n) is 9.75. The number of nitrogen functional groups attached to an aromatic ring is 1. The third-order valence-electron chi connectivity index (χ3n) is 2.71. The number of aromatic nitrogens is 2. The molecule has 0 unspecified atom stereocenters. The molecule has 3 rings (SSSR count). The number of thiophene rings is 1. The van der Waals surface area contributed by atoms with Gasteiger partial charge in [0, 0.05) is 11.6 Å². The van der Waals surface area contributed by atoms with Gasteiger partial charge in [-0.15, -0.1) is 0 Å². The summed E-state index contributed by atoms with van der Waals surface area (Å²) in [6, 6.07) is 5.90. The van der Waals surface area contributed by atoms with Gasteiger partial charge in [0.2, 0.25) is 0 Å². The molecule has 2 N–H and O–H groups in total. The van der Waals surface area contributed by atoms with E-state index in [-0.39, 0.29) is 0 Å². The van der Waals surface area contributed by atoms with Crippen LogP contribution in [0.25, 0.3) is 22.2 Å². The summed E-state index contributed by atoms with van der Waals surface area (Å²) < 4.78 is 5.41. The second-order valence-corrected chi connectivity index (χ2v) is 4.63. The van der Waals surface area contributed by atoms with Crippen molar-refractivity contribution < 1.29 is 4.74 Å². The van der Waals surface area contributed by atoms with Crippen molar-refractivity contribution >= 4 is 28.2 Å². The first-order valence-electron chi connectivity index (χ1n) is 5.41. The smallest absolute Gasteiger partial charge is 0.142 e. The lowest BCUT2D eigenvalue weighted by Gasteiger charge is -2.08. The highest BCUT2D eigenvalue weighted by Crippen LogP contribution is 2.34. The largest absolute Gasteiger partial charge is 0.496 e. The molecule has 0 aliphatic rings. The highest BCUT2D eigenvalue weighted by atomic mass is 32.1. The lowest BCUT2D eigenvalue weighted by molar-refractivity contribution is 0.417. The first kappa shape index (κ1) is 11.0. The number of hydrogen-bond acceptors (Lipinski definition) is 5. The molecule has 4 nitrogen and oxygen atoms in total. The Morgan fingerprint density at radius 1 is 1.28 bits per heavy atom. The summed E-state index contributed by atoms with van der Waals surface area (Å²) in [7, 11) is 1.65. The van der Waals surface area contributed by atoms with E-state index in [0.717, 1.165) is 27.9 Å². The molecule has 0 atom stereocenters. The van der Waals surface area contributed by atoms with Crippen LogP contribution >= 0.6 is 11.3 Å². The summed E-state index contributed by atoms with van der Waals surface area (Å²) in [5.41, 5.74) is 9.33. The summed E-state index contributed by atoms with van der Waals surface area (Å²) >= 11 is 1.65. The number of methoxy groups -OCH3 is 1. The topological polar surface area (TPSA) is 61.0 Å². The van der Waals surface area contributed by atoms with Crippen LogP contribution in [-0.2, 0) is 0 Å². The predicted molar refractivity (Wildman–Crippen MR) is 73.8 cm³/mol. The van der Waals surface area contributed by atoms with E-state index in [4.69, 9.17) is 10.5 Å². The molecule has 0 aliphatic carbocycles. The zero-order chi connectivity index (χ0) is 12.5. The molecule has 0 amide bonds. The number of anilines is 1. The van der Waals surface area contributed by atoms with Crippen LogP contribution in [0.1, 0.15) is 0 Å². The van der Waals surface area contributed by atoms with Gasteiger partial charge in [-0.3, -0.25) is 4.98 Å². The number of rotatable bonds is 2. The maximum atomic E-state index is 5.64. The van der Waals surface area contributed by atoms with Gasteiger partial charge in [0.05, 0.1) is 24.3 Å². The average molecular weight is 257 g/mol. The van der Waals surface area contributed by atoms with E-state index in [9.17, 15) is 0 Å². The van der Waals surface area contributed by atoms with Crippen LogP contribution in [0.4, 0.5) is 5.82 Å². The van der Waals surface area contributed by atoms with Crippen LogP contribution in [0, 0.1) is 0 Å². The molecule has 2 aromatic heterocycles. The lowest BCUT2D eigenvalue weighted by Crippen LogP contribution is -1.94. The molecule has 18 heavy (non-hydrogen) atoms. The molecule has 0 aliphatic heterocycles. The predicted octanol–water partition coefficient (Wildman–Crippen LogP) is 2.95. The highest BCUT2D eigenvalue weighted by Gasteiger charge is 2.10. The Balaban J connectivity index is 2.28. The van der Waals surface area contributed by atoms with Gasteiger partial charge < -0.3 is 10.5 Å². The number of nitrogens with zero attached hydrogens (tertiary/aromatic N) is 2. The van der Waals surface area contributed by atoms with E-state index in [1.165, 1.54) is 0 Å². The van der Waals surface area contributed by atoms with E-state index < -0.39 is 0 Å². The summed E-state index contributed by atoms with van der Waals surface area (Å²) in [4.78, 5) is 8.53. The first-order chi connectivity index (χ1) is 8.78. The van der Waals surface area contributed by atoms with Gasteiger partial charge in [0.25, 0.3) is 0 Å². The Morgan fingerprint density at radius 2 is 2.17 bits per heavy atom. The minimum absolute atomic E-state index is 0.410. The maximum Gasteiger partial charge on any atom is 0.142 e. The van der Waals surface area contributed by atoms with Crippen molar-refractivity contribution in [1.82, 2.24) is 9.97 Å². The summed E-state index contributed by atoms with van der Waals surface area (Å²) in [5, 5.41) is 4.11. The minimum atomic E-state index is 0.410. The molecule has 0 fully saturated rings. The van der Waals surface area contributed by atoms with Gasteiger partial charge in [0.1, 0.15) is 11.6 Å². The van der Waals surface area contributed by atoms with Gasteiger partial charge in [-0.1, -0.05) is 0 Å². The molecular weight excluding hydrogens is 246 g/mol. The number of benzene rings is 1. The number of hydrogen-bond donors (Lipinski definition) is 1. The minimum Gasteiger partial charge on any atom is -0.496 e. The normalized spacial score (nSPS) is 10.7. The molecule has 1 aromatic carbocycles. The van der Waals surface area contributed by atoms with Crippen molar-refractivity contribution in [2.24, 2.45) is 0 Å². The van der Waals surface area contributed by atoms with E-state index in [1.54, 1.807) is 24.6 Å². The lowest BCUT2D eigenvalue weighted by atomic mass is 10.1. The Kier molecular flexibility index (Phi) is 2.60. The second kappa shape index (κ2) is 4.27. The molecule has 0 saturated heterocycles. The summed E-state index contributed by atoms with van der Waals surface area (Å²) in [5.74, 6) is 1.19. The Morgan fingerprint density at radius 3 is 2.89 bits per heavy atom. The van der Waals surface area contributed by atoms with Crippen molar-refractivity contribution in [2.45, 2.75) is 0 Å². The third-order valence-corrected chi connectivity index (χ3v) is 3.40. The molecule has 0 bridgehead atoms. The van der Waals surface area contributed by atoms with Gasteiger partial charge in [-0.25, -0.2) is 4.98 Å². The fourth-order valence-electron chi connectivity index (χ4n) is 1.87. The van der Waals surface area contributed by atoms with Crippen LogP contribution < -0.4 is 10.5 Å². The molecule has 3 aromatic rings. The van der Waals surface area contributed by atoms with E-state index in [0.29, 0.717) is 5.82 Å². The molecule has 2 heterocycles. The van der Waals surface area contributed by atoms with E-state index >= 15 is 0 Å². The Labute approximate surface area is 108 Å². The number of nitrogens with two attached hydrogens (primary N) is 1. The van der Waals surface area contributed by atoms with E-state index in [2.05, 4.69) is 21.4 Å². The van der Waals surface area contributed by atoms with E-state index in [1.807, 2.05) is 17.5 Å². The van der Waals surface area contributed by atoms with Gasteiger partial charge in [-0.2, -0.15) is 11.3 Å². The van der Waals surface area contributed by atoms with Crippen molar-refractivity contribution in [3.8, 4) is 16.9 Å². The van der Waals surface area contributed by atoms with Crippen LogP contribution in [0.3, 0.4) is 0 Å². The van der Waals surface area contributed by atoms with Crippen LogP contribution in [0.2, 0.25) is 0 Å². The Bertz CT molecular complexity index is 695. The quantitative estimate of drug-likeness (QED) is 0.766. The van der Waals surface area contributed by atoms with Crippen LogP contribution in [0.15, 0.2) is 35.2 Å². The van der Waals surface area contributed by atoms with Gasteiger partial charge >= 0.3 is 0 Å². The molecule has 90 valence electrons. The summed E-state index contributed by atoms with van der Waals surface area (Å²) in [6.45, 7) is 0. The maximum absolute atomic E-state index is 5.64. The molecule has 0 radical (unpaired) electrons. The average Bonchev–Trinajstić information content (AvgIpc) is 2.90.